The van der Waals surface area contributed by atoms with Crippen LogP contribution in [0.3, 0.4) is 0 Å². The maximum absolute atomic E-state index is 12.0. The molecule has 3 aromatic rings. The Morgan fingerprint density at radius 3 is 2.96 bits per heavy atom. The summed E-state index contributed by atoms with van der Waals surface area (Å²) in [6, 6.07) is 5.55. The molecule has 0 spiro atoms. The summed E-state index contributed by atoms with van der Waals surface area (Å²) in [5.74, 6) is 1.22. The highest BCUT2D eigenvalue weighted by Gasteiger charge is 2.16. The van der Waals surface area contributed by atoms with Crippen LogP contribution >= 0.6 is 11.3 Å². The van der Waals surface area contributed by atoms with E-state index in [0.29, 0.717) is 11.5 Å². The Morgan fingerprint density at radius 2 is 2.29 bits per heavy atom. The van der Waals surface area contributed by atoms with Crippen molar-refractivity contribution in [3.63, 3.8) is 0 Å². The molecule has 0 aliphatic carbocycles. The summed E-state index contributed by atoms with van der Waals surface area (Å²) in [5.41, 5.74) is 2.42. The van der Waals surface area contributed by atoms with Crippen LogP contribution < -0.4 is 5.32 Å². The lowest BCUT2D eigenvalue weighted by atomic mass is 10.1. The number of hydrogen-bond donors (Lipinski definition) is 2. The Kier molecular flexibility index (Phi) is 4.82. The number of aryl methyl sites for hydroxylation is 2. The van der Waals surface area contributed by atoms with Crippen molar-refractivity contribution in [2.45, 2.75) is 26.4 Å². The minimum absolute atomic E-state index is 0.153. The van der Waals surface area contributed by atoms with Crippen molar-refractivity contribution in [2.75, 3.05) is 6.54 Å². The van der Waals surface area contributed by atoms with Crippen LogP contribution in [0.2, 0.25) is 0 Å². The minimum atomic E-state index is -0.757. The van der Waals surface area contributed by atoms with Gasteiger partial charge in [0.25, 0.3) is 0 Å². The first-order chi connectivity index (χ1) is 11.5. The number of thiophene rings is 1. The topological polar surface area (TPSA) is 88.5 Å². The number of aliphatic hydroxyl groups is 1. The molecule has 3 rings (SSSR count). The minimum Gasteiger partial charge on any atom is -0.464 e. The van der Waals surface area contributed by atoms with Crippen molar-refractivity contribution in [2.24, 2.45) is 0 Å². The molecule has 7 heteroatoms. The number of furan rings is 1. The maximum atomic E-state index is 12.0. The van der Waals surface area contributed by atoms with E-state index in [0.717, 1.165) is 21.8 Å². The highest BCUT2D eigenvalue weighted by atomic mass is 32.1. The number of hydrogen-bond acceptors (Lipinski definition) is 6. The standard InChI is InChI=1S/C17H18N2O4S/c1-10-13(11(2)23-19-10)7-17(21)18-8-14(20)16-6-12(9-24-16)15-4-3-5-22-15/h3-6,9,14,20H,7-8H2,1-2H3,(H,18,21). The second-order valence-electron chi connectivity index (χ2n) is 5.51. The van der Waals surface area contributed by atoms with Crippen LogP contribution in [0.15, 0.2) is 38.8 Å². The molecule has 24 heavy (non-hydrogen) atoms. The van der Waals surface area contributed by atoms with Crippen LogP contribution in [0.25, 0.3) is 11.3 Å². The lowest BCUT2D eigenvalue weighted by molar-refractivity contribution is -0.120. The third-order valence-corrected chi connectivity index (χ3v) is 4.80. The Morgan fingerprint density at radius 1 is 1.46 bits per heavy atom. The molecule has 0 saturated carbocycles. The molecule has 3 heterocycles. The van der Waals surface area contributed by atoms with Gasteiger partial charge < -0.3 is 19.4 Å². The van der Waals surface area contributed by atoms with Gasteiger partial charge in [0.2, 0.25) is 5.91 Å². The molecule has 1 unspecified atom stereocenters. The van der Waals surface area contributed by atoms with Crippen LogP contribution in [0.4, 0.5) is 0 Å². The van der Waals surface area contributed by atoms with Gasteiger partial charge in [-0.25, -0.2) is 0 Å². The van der Waals surface area contributed by atoms with E-state index in [4.69, 9.17) is 8.94 Å². The van der Waals surface area contributed by atoms with Crippen molar-refractivity contribution in [3.05, 3.63) is 51.7 Å². The van der Waals surface area contributed by atoms with Gasteiger partial charge in [0, 0.05) is 27.9 Å². The molecule has 1 amide bonds. The predicted octanol–water partition coefficient (Wildman–Crippen LogP) is 3.01. The summed E-state index contributed by atoms with van der Waals surface area (Å²) < 4.78 is 10.4. The van der Waals surface area contributed by atoms with Crippen molar-refractivity contribution in [1.82, 2.24) is 10.5 Å². The van der Waals surface area contributed by atoms with E-state index in [2.05, 4.69) is 10.5 Å². The van der Waals surface area contributed by atoms with E-state index in [1.807, 2.05) is 23.6 Å². The summed E-state index contributed by atoms with van der Waals surface area (Å²) in [6.07, 6.45) is 1.04. The van der Waals surface area contributed by atoms with E-state index >= 15 is 0 Å². The van der Waals surface area contributed by atoms with Crippen molar-refractivity contribution >= 4 is 17.2 Å². The SMILES string of the molecule is Cc1noc(C)c1CC(=O)NCC(O)c1cc(-c2ccco2)cs1. The third kappa shape index (κ3) is 3.58. The number of aromatic nitrogens is 1. The number of nitrogens with one attached hydrogen (secondary N) is 1. The molecule has 0 aliphatic rings. The average Bonchev–Trinajstić information content (AvgIpc) is 3.29. The fourth-order valence-corrected chi connectivity index (χ4v) is 3.27. The maximum Gasteiger partial charge on any atom is 0.224 e. The zero-order chi connectivity index (χ0) is 17.1. The van der Waals surface area contributed by atoms with E-state index in [1.165, 1.54) is 11.3 Å². The van der Waals surface area contributed by atoms with Gasteiger partial charge in [-0.1, -0.05) is 5.16 Å². The third-order valence-electron chi connectivity index (χ3n) is 3.76. The molecule has 0 aromatic carbocycles. The number of carbonyl (C=O) groups is 1. The van der Waals surface area contributed by atoms with Gasteiger partial charge in [-0.05, 0) is 32.0 Å². The van der Waals surface area contributed by atoms with Crippen LogP contribution in [-0.2, 0) is 11.2 Å². The number of nitrogens with zero attached hydrogens (tertiary/aromatic N) is 1. The second-order valence-corrected chi connectivity index (χ2v) is 6.46. The second kappa shape index (κ2) is 7.02. The van der Waals surface area contributed by atoms with Crippen molar-refractivity contribution < 1.29 is 18.8 Å². The van der Waals surface area contributed by atoms with Gasteiger partial charge in [-0.15, -0.1) is 11.3 Å². The normalized spacial score (nSPS) is 12.3. The lowest BCUT2D eigenvalue weighted by Crippen LogP contribution is -2.29. The summed E-state index contributed by atoms with van der Waals surface area (Å²) in [6.45, 7) is 3.73. The molecule has 0 radical (unpaired) electrons. The molecule has 0 aliphatic heterocycles. The highest BCUT2D eigenvalue weighted by Crippen LogP contribution is 2.29. The van der Waals surface area contributed by atoms with Gasteiger partial charge in [0.1, 0.15) is 17.6 Å². The molecular weight excluding hydrogens is 328 g/mol. The molecular formula is C17H18N2O4S. The van der Waals surface area contributed by atoms with Gasteiger partial charge in [-0.3, -0.25) is 4.79 Å². The Hall–Kier alpha value is -2.38. The van der Waals surface area contributed by atoms with Gasteiger partial charge >= 0.3 is 0 Å². The van der Waals surface area contributed by atoms with Gasteiger partial charge in [-0.2, -0.15) is 0 Å². The Labute approximate surface area is 143 Å². The van der Waals surface area contributed by atoms with E-state index < -0.39 is 6.10 Å². The van der Waals surface area contributed by atoms with Crippen molar-refractivity contribution in [3.8, 4) is 11.3 Å². The van der Waals surface area contributed by atoms with Crippen LogP contribution in [0, 0.1) is 13.8 Å². The molecule has 1 atom stereocenters. The average molecular weight is 346 g/mol. The Balaban J connectivity index is 1.55. The number of aliphatic hydroxyl groups excluding tert-OH is 1. The fourth-order valence-electron chi connectivity index (χ4n) is 2.39. The monoisotopic (exact) mass is 346 g/mol. The van der Waals surface area contributed by atoms with Gasteiger partial charge in [0.05, 0.1) is 18.4 Å². The zero-order valence-corrected chi connectivity index (χ0v) is 14.2. The summed E-state index contributed by atoms with van der Waals surface area (Å²) in [7, 11) is 0. The first-order valence-corrected chi connectivity index (χ1v) is 8.41. The zero-order valence-electron chi connectivity index (χ0n) is 13.4. The first-order valence-electron chi connectivity index (χ1n) is 7.53. The first kappa shape index (κ1) is 16.5. The lowest BCUT2D eigenvalue weighted by Gasteiger charge is -2.10. The molecule has 0 bridgehead atoms. The molecule has 3 aromatic heterocycles. The quantitative estimate of drug-likeness (QED) is 0.716. The molecule has 0 fully saturated rings. The Bertz CT molecular complexity index is 800. The predicted molar refractivity (Wildman–Crippen MR) is 89.7 cm³/mol. The molecule has 6 nitrogen and oxygen atoms in total. The van der Waals surface area contributed by atoms with Crippen LogP contribution in [0.5, 0.6) is 0 Å². The summed E-state index contributed by atoms with van der Waals surface area (Å²) in [5, 5.41) is 18.7. The highest BCUT2D eigenvalue weighted by molar-refractivity contribution is 7.10. The smallest absolute Gasteiger partial charge is 0.224 e. The number of amides is 1. The van der Waals surface area contributed by atoms with Crippen LogP contribution in [0.1, 0.15) is 28.0 Å². The van der Waals surface area contributed by atoms with Crippen LogP contribution in [-0.4, -0.2) is 22.7 Å². The summed E-state index contributed by atoms with van der Waals surface area (Å²) in [4.78, 5) is 12.8. The van der Waals surface area contributed by atoms with Gasteiger partial charge in [0.15, 0.2) is 0 Å². The molecule has 2 N–H and O–H groups in total. The molecule has 126 valence electrons. The molecule has 0 saturated heterocycles. The van der Waals surface area contributed by atoms with Crippen molar-refractivity contribution in [1.29, 1.82) is 0 Å². The fraction of sp³-hybridized carbons (Fsp3) is 0.294. The van der Waals surface area contributed by atoms with E-state index in [9.17, 15) is 9.90 Å². The van der Waals surface area contributed by atoms with E-state index in [1.54, 1.807) is 20.1 Å². The number of rotatable bonds is 6. The van der Waals surface area contributed by atoms with E-state index in [-0.39, 0.29) is 18.9 Å². The number of carbonyl (C=O) groups excluding carboxylic acids is 1. The largest absolute Gasteiger partial charge is 0.464 e. The summed E-state index contributed by atoms with van der Waals surface area (Å²) >= 11 is 1.43.